The number of carbonyl (C=O) groups is 1. The zero-order valence-corrected chi connectivity index (χ0v) is 23.5. The molecule has 220 valence electrons. The Morgan fingerprint density at radius 1 is 0.952 bits per heavy atom. The summed E-state index contributed by atoms with van der Waals surface area (Å²) in [7, 11) is 1.76. The van der Waals surface area contributed by atoms with Gasteiger partial charge in [-0.1, -0.05) is 6.07 Å². The van der Waals surface area contributed by atoms with Crippen LogP contribution < -0.4 is 21.3 Å². The van der Waals surface area contributed by atoms with Gasteiger partial charge >= 0.3 is 12.2 Å². The van der Waals surface area contributed by atoms with E-state index in [1.807, 2.05) is 26.0 Å². The summed E-state index contributed by atoms with van der Waals surface area (Å²) in [5, 5.41) is 16.2. The van der Waals surface area contributed by atoms with Crippen LogP contribution >= 0.6 is 0 Å². The molecule has 1 saturated heterocycles. The van der Waals surface area contributed by atoms with Crippen LogP contribution in [0.5, 0.6) is 0 Å². The molecule has 0 spiro atoms. The molecule has 0 saturated carbocycles. The summed E-state index contributed by atoms with van der Waals surface area (Å²) >= 11 is 0. The maximum Gasteiger partial charge on any atom is 0.416 e. The number of aryl methyl sites for hydroxylation is 2. The first-order valence-electron chi connectivity index (χ1n) is 13.5. The number of amides is 2. The molecule has 1 aliphatic heterocycles. The van der Waals surface area contributed by atoms with E-state index in [0.29, 0.717) is 40.9 Å². The normalized spacial score (nSPS) is 13.7. The van der Waals surface area contributed by atoms with Gasteiger partial charge in [0.2, 0.25) is 0 Å². The lowest BCUT2D eigenvalue weighted by molar-refractivity contribution is -0.137. The van der Waals surface area contributed by atoms with Gasteiger partial charge in [0.1, 0.15) is 18.0 Å². The van der Waals surface area contributed by atoms with Gasteiger partial charge in [-0.3, -0.25) is 4.90 Å². The lowest BCUT2D eigenvalue weighted by Crippen LogP contribution is -2.21. The molecule has 2 aromatic carbocycles. The van der Waals surface area contributed by atoms with Crippen LogP contribution in [0.2, 0.25) is 0 Å². The largest absolute Gasteiger partial charge is 0.416 e. The zero-order chi connectivity index (χ0) is 29.9. The molecule has 5 rings (SSSR count). The van der Waals surface area contributed by atoms with E-state index in [2.05, 4.69) is 41.2 Å². The average molecular weight is 580 g/mol. The van der Waals surface area contributed by atoms with Crippen molar-refractivity contribution in [2.24, 2.45) is 0 Å². The predicted molar refractivity (Wildman–Crippen MR) is 156 cm³/mol. The fourth-order valence-corrected chi connectivity index (χ4v) is 4.85. The van der Waals surface area contributed by atoms with E-state index >= 15 is 0 Å². The number of anilines is 5. The molecular formula is C29H32F3N9O. The number of nitrogens with zero attached hydrogens (tertiary/aromatic N) is 5. The van der Waals surface area contributed by atoms with Crippen molar-refractivity contribution < 1.29 is 18.0 Å². The first-order valence-corrected chi connectivity index (χ1v) is 13.5. The van der Waals surface area contributed by atoms with Crippen molar-refractivity contribution in [2.45, 2.75) is 39.4 Å². The zero-order valence-electron chi connectivity index (χ0n) is 23.5. The minimum absolute atomic E-state index is 0.0761. The van der Waals surface area contributed by atoms with E-state index in [1.165, 1.54) is 6.33 Å². The molecule has 0 radical (unpaired) electrons. The highest BCUT2D eigenvalue weighted by Gasteiger charge is 2.31. The van der Waals surface area contributed by atoms with Crippen molar-refractivity contribution in [3.8, 4) is 5.82 Å². The molecular weight excluding hydrogens is 547 g/mol. The van der Waals surface area contributed by atoms with Crippen molar-refractivity contribution in [2.75, 3.05) is 41.4 Å². The Labute approximate surface area is 241 Å². The fraction of sp³-hybridized carbons (Fsp3) is 0.310. The first-order chi connectivity index (χ1) is 20.1. The molecule has 0 aliphatic carbocycles. The van der Waals surface area contributed by atoms with Crippen LogP contribution in [0.25, 0.3) is 5.82 Å². The third kappa shape index (κ3) is 6.97. The van der Waals surface area contributed by atoms with Gasteiger partial charge in [0.05, 0.1) is 11.3 Å². The Kier molecular flexibility index (Phi) is 8.29. The Balaban J connectivity index is 1.33. The molecule has 4 aromatic rings. The van der Waals surface area contributed by atoms with E-state index in [4.69, 9.17) is 0 Å². The molecule has 4 N–H and O–H groups in total. The summed E-state index contributed by atoms with van der Waals surface area (Å²) in [5.74, 6) is 1.84. The molecule has 13 heteroatoms. The number of halogens is 3. The van der Waals surface area contributed by atoms with Gasteiger partial charge in [-0.05, 0) is 81.2 Å². The molecule has 0 unspecified atom stereocenters. The monoisotopic (exact) mass is 579 g/mol. The van der Waals surface area contributed by atoms with Crippen LogP contribution in [0.15, 0.2) is 54.9 Å². The second-order valence-electron chi connectivity index (χ2n) is 10.2. The van der Waals surface area contributed by atoms with Crippen LogP contribution in [0, 0.1) is 13.8 Å². The maximum atomic E-state index is 13.6. The summed E-state index contributed by atoms with van der Waals surface area (Å²) in [6.45, 7) is 5.86. The summed E-state index contributed by atoms with van der Waals surface area (Å²) < 4.78 is 42.5. The summed E-state index contributed by atoms with van der Waals surface area (Å²) in [4.78, 5) is 23.5. The standard InChI is InChI=1S/C29H32F3N9O/c1-18-6-7-22(14-24(18)38-27-10-19(2)39-41(27)26-15-25(33-3)34-17-35-26)36-28(42)37-23-12-20(16-40-8-4-5-9-40)11-21(13-23)29(30,31)32/h6-7,10-15,17,38H,4-5,8-9,16H2,1-3H3,(H,33,34,35)(H2,36,37,42). The van der Waals surface area contributed by atoms with Crippen molar-refractivity contribution in [3.05, 3.63) is 77.2 Å². The molecule has 3 heterocycles. The van der Waals surface area contributed by atoms with E-state index < -0.39 is 17.8 Å². The molecule has 0 bridgehead atoms. The van der Waals surface area contributed by atoms with Crippen LogP contribution in [-0.4, -0.2) is 50.8 Å². The highest BCUT2D eigenvalue weighted by molar-refractivity contribution is 6.00. The maximum absolute atomic E-state index is 13.6. The smallest absolute Gasteiger partial charge is 0.373 e. The van der Waals surface area contributed by atoms with Crippen LogP contribution in [0.1, 0.15) is 35.2 Å². The Morgan fingerprint density at radius 2 is 1.71 bits per heavy atom. The van der Waals surface area contributed by atoms with Gasteiger partial charge in [0.25, 0.3) is 0 Å². The van der Waals surface area contributed by atoms with Crippen molar-refractivity contribution in [3.63, 3.8) is 0 Å². The second-order valence-corrected chi connectivity index (χ2v) is 10.2. The third-order valence-electron chi connectivity index (χ3n) is 6.90. The Morgan fingerprint density at radius 3 is 2.45 bits per heavy atom. The second kappa shape index (κ2) is 12.1. The van der Waals surface area contributed by atoms with E-state index in [-0.39, 0.29) is 5.69 Å². The number of aromatic nitrogens is 4. The summed E-state index contributed by atoms with van der Waals surface area (Å²) in [5.41, 5.74) is 2.59. The van der Waals surface area contributed by atoms with Crippen LogP contribution in [0.3, 0.4) is 0 Å². The Bertz CT molecular complexity index is 1580. The fourth-order valence-electron chi connectivity index (χ4n) is 4.85. The minimum atomic E-state index is -4.53. The molecule has 1 fully saturated rings. The summed E-state index contributed by atoms with van der Waals surface area (Å²) in [6, 6.07) is 11.9. The topological polar surface area (TPSA) is 112 Å². The quantitative estimate of drug-likeness (QED) is 0.193. The minimum Gasteiger partial charge on any atom is -0.373 e. The number of hydrogen-bond acceptors (Lipinski definition) is 7. The van der Waals surface area contributed by atoms with E-state index in [9.17, 15) is 18.0 Å². The number of likely N-dealkylation sites (tertiary alicyclic amines) is 1. The molecule has 0 atom stereocenters. The highest BCUT2D eigenvalue weighted by atomic mass is 19.4. The van der Waals surface area contributed by atoms with Crippen molar-refractivity contribution in [1.29, 1.82) is 0 Å². The van der Waals surface area contributed by atoms with Gasteiger partial charge in [-0.25, -0.2) is 14.8 Å². The lowest BCUT2D eigenvalue weighted by atomic mass is 10.1. The predicted octanol–water partition coefficient (Wildman–Crippen LogP) is 6.32. The van der Waals surface area contributed by atoms with Crippen molar-refractivity contribution in [1.82, 2.24) is 24.6 Å². The number of alkyl halides is 3. The van der Waals surface area contributed by atoms with Crippen molar-refractivity contribution >= 4 is 34.7 Å². The van der Waals surface area contributed by atoms with Gasteiger partial charge in [0, 0.05) is 42.8 Å². The van der Waals surface area contributed by atoms with E-state index in [0.717, 1.165) is 49.3 Å². The van der Waals surface area contributed by atoms with Gasteiger partial charge < -0.3 is 21.3 Å². The van der Waals surface area contributed by atoms with Crippen LogP contribution in [-0.2, 0) is 12.7 Å². The van der Waals surface area contributed by atoms with Gasteiger partial charge in [-0.15, -0.1) is 0 Å². The number of urea groups is 1. The van der Waals surface area contributed by atoms with E-state index in [1.54, 1.807) is 36.0 Å². The number of carbonyl (C=O) groups excluding carboxylic acids is 1. The lowest BCUT2D eigenvalue weighted by Gasteiger charge is -2.18. The third-order valence-corrected chi connectivity index (χ3v) is 6.90. The highest BCUT2D eigenvalue weighted by Crippen LogP contribution is 2.33. The molecule has 10 nitrogen and oxygen atoms in total. The molecule has 42 heavy (non-hydrogen) atoms. The van der Waals surface area contributed by atoms with Gasteiger partial charge in [0.15, 0.2) is 5.82 Å². The Hall–Kier alpha value is -4.65. The van der Waals surface area contributed by atoms with Crippen LogP contribution in [0.4, 0.5) is 46.7 Å². The average Bonchev–Trinajstić information content (AvgIpc) is 3.59. The van der Waals surface area contributed by atoms with Gasteiger partial charge in [-0.2, -0.15) is 23.0 Å². The molecule has 1 aliphatic rings. The molecule has 2 amide bonds. The number of benzene rings is 2. The number of hydrogen-bond donors (Lipinski definition) is 4. The SMILES string of the molecule is CNc1cc(-n2nc(C)cc2Nc2cc(NC(=O)Nc3cc(CN4CCCC4)cc(C(F)(F)F)c3)ccc2C)ncn1. The molecule has 2 aromatic heterocycles. The first kappa shape index (κ1) is 28.9. The number of nitrogens with one attached hydrogen (secondary N) is 4. The number of rotatable bonds is 8. The summed E-state index contributed by atoms with van der Waals surface area (Å²) in [6.07, 6.45) is -1.04.